The molecule has 8 heteroatoms. The number of urea groups is 2. The van der Waals surface area contributed by atoms with Gasteiger partial charge in [0.25, 0.3) is 0 Å². The molecule has 0 aromatic heterocycles. The van der Waals surface area contributed by atoms with Crippen LogP contribution in [0.4, 0.5) is 9.59 Å². The van der Waals surface area contributed by atoms with Crippen LogP contribution < -0.4 is 16.0 Å². The summed E-state index contributed by atoms with van der Waals surface area (Å²) in [5.74, 6) is 0.265. The molecule has 1 saturated carbocycles. The van der Waals surface area contributed by atoms with Crippen molar-refractivity contribution in [3.8, 4) is 0 Å². The molecule has 2 aliphatic rings. The van der Waals surface area contributed by atoms with E-state index in [9.17, 15) is 9.59 Å². The monoisotopic (exact) mass is 468 g/mol. The summed E-state index contributed by atoms with van der Waals surface area (Å²) in [6.07, 6.45) is 10.3. The summed E-state index contributed by atoms with van der Waals surface area (Å²) < 4.78 is 0. The number of amides is 4. The first-order valence-electron chi connectivity index (χ1n) is 11.5. The molecular formula is C23H34Cl2N4O2. The molecule has 0 bridgehead atoms. The van der Waals surface area contributed by atoms with E-state index in [1.54, 1.807) is 12.1 Å². The van der Waals surface area contributed by atoms with Crippen LogP contribution in [-0.4, -0.2) is 42.6 Å². The third-order valence-electron chi connectivity index (χ3n) is 6.24. The average molecular weight is 469 g/mol. The molecular weight excluding hydrogens is 435 g/mol. The minimum atomic E-state index is -0.102. The summed E-state index contributed by atoms with van der Waals surface area (Å²) in [4.78, 5) is 26.8. The summed E-state index contributed by atoms with van der Waals surface area (Å²) in [5.41, 5.74) is 0.834. The van der Waals surface area contributed by atoms with E-state index in [0.29, 0.717) is 29.7 Å². The SMILES string of the molecule is O=C(NCC1CCCN(C(=O)NCc2ccc(Cl)cc2Cl)C1)NC1CCCCCCC1. The molecule has 3 N–H and O–H groups in total. The van der Waals surface area contributed by atoms with Crippen LogP contribution in [-0.2, 0) is 6.54 Å². The Kier molecular flexibility index (Phi) is 9.59. The second kappa shape index (κ2) is 12.4. The van der Waals surface area contributed by atoms with Crippen LogP contribution in [0.25, 0.3) is 0 Å². The normalized spacial score (nSPS) is 20.5. The summed E-state index contributed by atoms with van der Waals surface area (Å²) in [6, 6.07) is 5.36. The van der Waals surface area contributed by atoms with Gasteiger partial charge in [-0.05, 0) is 49.3 Å². The Labute approximate surface area is 195 Å². The number of hydrogen-bond donors (Lipinski definition) is 3. The van der Waals surface area contributed by atoms with Crippen molar-refractivity contribution >= 4 is 35.3 Å². The van der Waals surface area contributed by atoms with E-state index in [2.05, 4.69) is 16.0 Å². The molecule has 1 unspecified atom stereocenters. The Hall–Kier alpha value is -1.66. The van der Waals surface area contributed by atoms with Gasteiger partial charge in [-0.15, -0.1) is 0 Å². The second-order valence-corrected chi connectivity index (χ2v) is 9.59. The minimum Gasteiger partial charge on any atom is -0.338 e. The zero-order chi connectivity index (χ0) is 22.1. The van der Waals surface area contributed by atoms with Gasteiger partial charge in [-0.25, -0.2) is 9.59 Å². The van der Waals surface area contributed by atoms with Crippen molar-refractivity contribution in [1.29, 1.82) is 0 Å². The smallest absolute Gasteiger partial charge is 0.317 e. The van der Waals surface area contributed by atoms with Gasteiger partial charge in [0.05, 0.1) is 0 Å². The number of benzene rings is 1. The van der Waals surface area contributed by atoms with Gasteiger partial charge in [0, 0.05) is 42.3 Å². The van der Waals surface area contributed by atoms with E-state index >= 15 is 0 Å². The molecule has 1 heterocycles. The highest BCUT2D eigenvalue weighted by Crippen LogP contribution is 2.21. The standard InChI is InChI=1S/C23H34Cl2N4O2/c24-19-11-10-18(21(25)13-19)15-27-23(31)29-12-6-7-17(16-29)14-26-22(30)28-20-8-4-2-1-3-5-9-20/h10-11,13,17,20H,1-9,12,14-16H2,(H,27,31)(H2,26,28,30). The van der Waals surface area contributed by atoms with E-state index < -0.39 is 0 Å². The highest BCUT2D eigenvalue weighted by atomic mass is 35.5. The third-order valence-corrected chi connectivity index (χ3v) is 6.83. The summed E-state index contributed by atoms with van der Waals surface area (Å²) in [5, 5.41) is 10.2. The molecule has 1 aromatic carbocycles. The van der Waals surface area contributed by atoms with Crippen molar-refractivity contribution in [2.75, 3.05) is 19.6 Å². The molecule has 3 rings (SSSR count). The largest absolute Gasteiger partial charge is 0.338 e. The van der Waals surface area contributed by atoms with Gasteiger partial charge in [-0.3, -0.25) is 0 Å². The van der Waals surface area contributed by atoms with Crippen molar-refractivity contribution in [3.05, 3.63) is 33.8 Å². The van der Waals surface area contributed by atoms with Gasteiger partial charge < -0.3 is 20.9 Å². The van der Waals surface area contributed by atoms with Gasteiger partial charge in [0.1, 0.15) is 0 Å². The van der Waals surface area contributed by atoms with Gasteiger partial charge in [0.15, 0.2) is 0 Å². The quantitative estimate of drug-likeness (QED) is 0.546. The maximum atomic E-state index is 12.6. The van der Waals surface area contributed by atoms with Crippen LogP contribution in [0.2, 0.25) is 10.0 Å². The Bertz CT molecular complexity index is 738. The summed E-state index contributed by atoms with van der Waals surface area (Å²) >= 11 is 12.1. The topological polar surface area (TPSA) is 73.5 Å². The van der Waals surface area contributed by atoms with Crippen molar-refractivity contribution in [3.63, 3.8) is 0 Å². The van der Waals surface area contributed by atoms with Crippen molar-refractivity contribution in [2.24, 2.45) is 5.92 Å². The van der Waals surface area contributed by atoms with Crippen molar-refractivity contribution < 1.29 is 9.59 Å². The highest BCUT2D eigenvalue weighted by molar-refractivity contribution is 6.35. The summed E-state index contributed by atoms with van der Waals surface area (Å²) in [7, 11) is 0. The Morgan fingerprint density at radius 3 is 2.45 bits per heavy atom. The molecule has 1 aromatic rings. The van der Waals surface area contributed by atoms with Gasteiger partial charge >= 0.3 is 12.1 Å². The van der Waals surface area contributed by atoms with Crippen LogP contribution in [0.15, 0.2) is 18.2 Å². The number of piperidine rings is 1. The maximum absolute atomic E-state index is 12.6. The molecule has 2 fully saturated rings. The highest BCUT2D eigenvalue weighted by Gasteiger charge is 2.24. The van der Waals surface area contributed by atoms with Crippen LogP contribution in [0, 0.1) is 5.92 Å². The number of likely N-dealkylation sites (tertiary alicyclic amines) is 1. The lowest BCUT2D eigenvalue weighted by Crippen LogP contribution is -2.49. The molecule has 31 heavy (non-hydrogen) atoms. The van der Waals surface area contributed by atoms with Gasteiger partial charge in [-0.2, -0.15) is 0 Å². The average Bonchev–Trinajstić information content (AvgIpc) is 2.73. The van der Waals surface area contributed by atoms with E-state index in [-0.39, 0.29) is 24.0 Å². The molecule has 172 valence electrons. The van der Waals surface area contributed by atoms with Gasteiger partial charge in [0.2, 0.25) is 0 Å². The fourth-order valence-electron chi connectivity index (χ4n) is 4.44. The lowest BCUT2D eigenvalue weighted by molar-refractivity contribution is 0.164. The second-order valence-electron chi connectivity index (χ2n) is 8.75. The molecule has 4 amide bonds. The lowest BCUT2D eigenvalue weighted by atomic mass is 9.97. The Morgan fingerprint density at radius 1 is 0.968 bits per heavy atom. The molecule has 1 atom stereocenters. The number of nitrogens with zero attached hydrogens (tertiary/aromatic N) is 1. The van der Waals surface area contributed by atoms with Crippen LogP contribution in [0.5, 0.6) is 0 Å². The molecule has 6 nitrogen and oxygen atoms in total. The summed E-state index contributed by atoms with van der Waals surface area (Å²) in [6.45, 7) is 2.32. The molecule has 1 aliphatic heterocycles. The van der Waals surface area contributed by atoms with E-state index in [0.717, 1.165) is 37.8 Å². The number of rotatable bonds is 5. The lowest BCUT2D eigenvalue weighted by Gasteiger charge is -2.33. The predicted octanol–water partition coefficient (Wildman–Crippen LogP) is 5.33. The van der Waals surface area contributed by atoms with Gasteiger partial charge in [-0.1, -0.05) is 61.4 Å². The van der Waals surface area contributed by atoms with Crippen molar-refractivity contribution in [1.82, 2.24) is 20.9 Å². The molecule has 0 radical (unpaired) electrons. The van der Waals surface area contributed by atoms with Crippen molar-refractivity contribution in [2.45, 2.75) is 70.4 Å². The Balaban J connectivity index is 1.39. The number of halogens is 2. The molecule has 1 saturated heterocycles. The third kappa shape index (κ3) is 8.08. The van der Waals surface area contributed by atoms with Crippen LogP contribution in [0.1, 0.15) is 63.4 Å². The number of carbonyl (C=O) groups is 2. The zero-order valence-corrected chi connectivity index (χ0v) is 19.6. The number of hydrogen-bond acceptors (Lipinski definition) is 2. The van der Waals surface area contributed by atoms with Crippen LogP contribution in [0.3, 0.4) is 0 Å². The molecule has 1 aliphatic carbocycles. The number of nitrogens with one attached hydrogen (secondary N) is 3. The predicted molar refractivity (Wildman–Crippen MR) is 126 cm³/mol. The molecule has 0 spiro atoms. The van der Waals surface area contributed by atoms with E-state index in [4.69, 9.17) is 23.2 Å². The Morgan fingerprint density at radius 2 is 1.71 bits per heavy atom. The maximum Gasteiger partial charge on any atom is 0.317 e. The number of carbonyl (C=O) groups excluding carboxylic acids is 2. The first-order valence-corrected chi connectivity index (χ1v) is 12.3. The van der Waals surface area contributed by atoms with E-state index in [1.165, 1.54) is 32.1 Å². The first-order chi connectivity index (χ1) is 15.0. The zero-order valence-electron chi connectivity index (χ0n) is 18.1. The minimum absolute atomic E-state index is 0.0791. The van der Waals surface area contributed by atoms with E-state index in [1.807, 2.05) is 11.0 Å². The fraction of sp³-hybridized carbons (Fsp3) is 0.652. The first kappa shape index (κ1) is 24.0. The van der Waals surface area contributed by atoms with Crippen LogP contribution >= 0.6 is 23.2 Å². The fourth-order valence-corrected chi connectivity index (χ4v) is 4.91.